The van der Waals surface area contributed by atoms with Gasteiger partial charge in [0.15, 0.2) is 11.5 Å². The molecule has 0 aliphatic carbocycles. The number of amides is 1. The van der Waals surface area contributed by atoms with Crippen molar-refractivity contribution in [3.05, 3.63) is 62.5 Å². The second-order valence-corrected chi connectivity index (χ2v) is 9.83. The van der Waals surface area contributed by atoms with E-state index in [4.69, 9.17) is 49.6 Å². The average Bonchev–Trinajstić information content (AvgIpc) is 3.38. The summed E-state index contributed by atoms with van der Waals surface area (Å²) in [7, 11) is 1.54. The Morgan fingerprint density at radius 2 is 2.09 bits per heavy atom. The molecule has 2 aliphatic rings. The molecule has 0 bridgehead atoms. The number of carbonyl (C=O) groups excluding carboxylic acids is 1. The molecule has 0 aromatic heterocycles. The Hall–Kier alpha value is -1.77. The highest BCUT2D eigenvalue weighted by atomic mass is 35.5. The molecule has 1 atom stereocenters. The molecule has 5 nitrogen and oxygen atoms in total. The van der Waals surface area contributed by atoms with Crippen molar-refractivity contribution in [2.45, 2.75) is 25.6 Å². The lowest BCUT2D eigenvalue weighted by atomic mass is 10.1. The van der Waals surface area contributed by atoms with Crippen molar-refractivity contribution in [1.29, 1.82) is 0 Å². The molecule has 2 aliphatic heterocycles. The van der Waals surface area contributed by atoms with E-state index in [1.54, 1.807) is 36.3 Å². The second-order valence-electron chi connectivity index (χ2n) is 7.34. The van der Waals surface area contributed by atoms with Gasteiger partial charge < -0.3 is 14.2 Å². The summed E-state index contributed by atoms with van der Waals surface area (Å²) >= 11 is 19.4. The molecule has 1 amide bonds. The first-order chi connectivity index (χ1) is 15.5. The molecule has 0 unspecified atom stereocenters. The highest BCUT2D eigenvalue weighted by Crippen LogP contribution is 2.39. The lowest BCUT2D eigenvalue weighted by Crippen LogP contribution is -2.35. The van der Waals surface area contributed by atoms with Crippen LogP contribution in [0.2, 0.25) is 10.0 Å². The number of carbonyl (C=O) groups is 1. The Labute approximate surface area is 206 Å². The Bertz CT molecular complexity index is 1070. The van der Waals surface area contributed by atoms with Gasteiger partial charge in [0.2, 0.25) is 0 Å². The summed E-state index contributed by atoms with van der Waals surface area (Å²) in [6.45, 7) is 1.47. The van der Waals surface area contributed by atoms with Crippen LogP contribution >= 0.6 is 47.2 Å². The number of rotatable bonds is 7. The van der Waals surface area contributed by atoms with Crippen LogP contribution in [0.25, 0.3) is 6.08 Å². The van der Waals surface area contributed by atoms with Gasteiger partial charge in [-0.25, -0.2) is 0 Å². The maximum Gasteiger partial charge on any atom is 0.266 e. The van der Waals surface area contributed by atoms with Gasteiger partial charge in [-0.15, -0.1) is 0 Å². The van der Waals surface area contributed by atoms with Crippen molar-refractivity contribution in [2.75, 3.05) is 20.3 Å². The van der Waals surface area contributed by atoms with Crippen LogP contribution in [0.4, 0.5) is 0 Å². The molecular weight excluding hydrogens is 489 g/mol. The number of nitrogens with zero attached hydrogens (tertiary/aromatic N) is 1. The Morgan fingerprint density at radius 1 is 1.28 bits per heavy atom. The van der Waals surface area contributed by atoms with E-state index in [-0.39, 0.29) is 18.6 Å². The number of ether oxygens (including phenoxy) is 3. The lowest BCUT2D eigenvalue weighted by molar-refractivity contribution is -0.123. The van der Waals surface area contributed by atoms with E-state index in [2.05, 4.69) is 0 Å². The van der Waals surface area contributed by atoms with Gasteiger partial charge in [-0.1, -0.05) is 65.4 Å². The first-order valence-corrected chi connectivity index (χ1v) is 12.0. The minimum atomic E-state index is -0.121. The molecule has 2 fully saturated rings. The van der Waals surface area contributed by atoms with Crippen molar-refractivity contribution in [2.24, 2.45) is 0 Å². The zero-order valence-corrected chi connectivity index (χ0v) is 20.5. The standard InChI is InChI=1S/C23H21Cl2NO4S2/c1-28-19-10-14(9-18(25)21(19)30-13-15-5-2-3-7-17(15)24)11-20-22(27)26(23(31)32-20)12-16-6-4-8-29-16/h2-3,5,7,9-11,16H,4,6,8,12-13H2,1H3/b20-11-/t16-/m0/s1. The van der Waals surface area contributed by atoms with Crippen LogP contribution in [0.3, 0.4) is 0 Å². The third-order valence-corrected chi connectivity index (χ3v) is 7.19. The van der Waals surface area contributed by atoms with Gasteiger partial charge >= 0.3 is 0 Å². The zero-order chi connectivity index (χ0) is 22.7. The molecule has 9 heteroatoms. The van der Waals surface area contributed by atoms with E-state index in [0.29, 0.717) is 37.3 Å². The number of halogens is 2. The predicted molar refractivity (Wildman–Crippen MR) is 133 cm³/mol. The van der Waals surface area contributed by atoms with E-state index >= 15 is 0 Å². The molecule has 2 aromatic rings. The lowest BCUT2D eigenvalue weighted by Gasteiger charge is -2.18. The van der Waals surface area contributed by atoms with Gasteiger partial charge in [-0.3, -0.25) is 9.69 Å². The van der Waals surface area contributed by atoms with Gasteiger partial charge in [-0.2, -0.15) is 0 Å². The third-order valence-electron chi connectivity index (χ3n) is 5.16. The highest BCUT2D eigenvalue weighted by molar-refractivity contribution is 8.26. The summed E-state index contributed by atoms with van der Waals surface area (Å²) in [5, 5.41) is 0.988. The minimum absolute atomic E-state index is 0.0425. The van der Waals surface area contributed by atoms with Crippen LogP contribution in [0, 0.1) is 0 Å². The SMILES string of the molecule is COc1cc(/C=C2\SC(=S)N(C[C@@H]3CCCO3)C2=O)cc(Cl)c1OCc1ccccc1Cl. The molecule has 2 saturated heterocycles. The summed E-state index contributed by atoms with van der Waals surface area (Å²) < 4.78 is 17.6. The fourth-order valence-corrected chi connectivity index (χ4v) is 5.27. The molecule has 0 N–H and O–H groups in total. The third kappa shape index (κ3) is 5.24. The zero-order valence-electron chi connectivity index (χ0n) is 17.3. The van der Waals surface area contributed by atoms with Gasteiger partial charge in [0.1, 0.15) is 10.9 Å². The quantitative estimate of drug-likeness (QED) is 0.338. The van der Waals surface area contributed by atoms with Crippen LogP contribution in [0.1, 0.15) is 24.0 Å². The molecule has 2 heterocycles. The van der Waals surface area contributed by atoms with Crippen molar-refractivity contribution >= 4 is 63.5 Å². The van der Waals surface area contributed by atoms with E-state index < -0.39 is 0 Å². The van der Waals surface area contributed by atoms with Gasteiger partial charge in [0.25, 0.3) is 5.91 Å². The molecule has 32 heavy (non-hydrogen) atoms. The molecule has 168 valence electrons. The molecular formula is C23H21Cl2NO4S2. The molecule has 0 spiro atoms. The highest BCUT2D eigenvalue weighted by Gasteiger charge is 2.34. The monoisotopic (exact) mass is 509 g/mol. The number of methoxy groups -OCH3 is 1. The normalized spacial score (nSPS) is 19.8. The van der Waals surface area contributed by atoms with Crippen LogP contribution in [-0.4, -0.2) is 41.5 Å². The number of benzene rings is 2. The predicted octanol–water partition coefficient (Wildman–Crippen LogP) is 5.96. The summed E-state index contributed by atoms with van der Waals surface area (Å²) in [6.07, 6.45) is 3.76. The molecule has 0 radical (unpaired) electrons. The summed E-state index contributed by atoms with van der Waals surface area (Å²) in [5.41, 5.74) is 1.56. The van der Waals surface area contributed by atoms with E-state index in [1.165, 1.54) is 11.8 Å². The Morgan fingerprint density at radius 3 is 2.81 bits per heavy atom. The van der Waals surface area contributed by atoms with Gasteiger partial charge in [-0.05, 0) is 42.7 Å². The topological polar surface area (TPSA) is 48.0 Å². The number of hydrogen-bond donors (Lipinski definition) is 0. The molecule has 4 rings (SSSR count). The van der Waals surface area contributed by atoms with Crippen molar-refractivity contribution in [3.8, 4) is 11.5 Å². The van der Waals surface area contributed by atoms with Crippen LogP contribution in [-0.2, 0) is 16.1 Å². The van der Waals surface area contributed by atoms with Crippen LogP contribution < -0.4 is 9.47 Å². The second kappa shape index (κ2) is 10.4. The number of thioether (sulfide) groups is 1. The fraction of sp³-hybridized carbons (Fsp3) is 0.304. The molecule has 2 aromatic carbocycles. The first-order valence-electron chi connectivity index (χ1n) is 10.1. The van der Waals surface area contributed by atoms with E-state index in [9.17, 15) is 4.79 Å². The number of hydrogen-bond acceptors (Lipinski definition) is 6. The van der Waals surface area contributed by atoms with Crippen molar-refractivity contribution < 1.29 is 19.0 Å². The summed E-state index contributed by atoms with van der Waals surface area (Å²) in [4.78, 5) is 15.0. The van der Waals surface area contributed by atoms with E-state index in [0.717, 1.165) is 30.6 Å². The van der Waals surface area contributed by atoms with Crippen molar-refractivity contribution in [1.82, 2.24) is 4.90 Å². The fourth-order valence-electron chi connectivity index (χ4n) is 3.53. The largest absolute Gasteiger partial charge is 0.493 e. The Balaban J connectivity index is 1.52. The smallest absolute Gasteiger partial charge is 0.266 e. The van der Waals surface area contributed by atoms with Crippen LogP contribution in [0.15, 0.2) is 41.3 Å². The van der Waals surface area contributed by atoms with E-state index in [1.807, 2.05) is 18.2 Å². The van der Waals surface area contributed by atoms with Crippen molar-refractivity contribution in [3.63, 3.8) is 0 Å². The number of thiocarbonyl (C=S) groups is 1. The first kappa shape index (κ1) is 23.4. The summed E-state index contributed by atoms with van der Waals surface area (Å²) in [6, 6.07) is 10.9. The van der Waals surface area contributed by atoms with Gasteiger partial charge in [0.05, 0.1) is 29.7 Å². The summed E-state index contributed by atoms with van der Waals surface area (Å²) in [5.74, 6) is 0.757. The minimum Gasteiger partial charge on any atom is -0.493 e. The maximum atomic E-state index is 12.9. The molecule has 0 saturated carbocycles. The maximum absolute atomic E-state index is 12.9. The Kier molecular flexibility index (Phi) is 7.63. The van der Waals surface area contributed by atoms with Gasteiger partial charge in [0, 0.05) is 17.2 Å². The average molecular weight is 510 g/mol. The van der Waals surface area contributed by atoms with Crippen LogP contribution in [0.5, 0.6) is 11.5 Å².